The zero-order chi connectivity index (χ0) is 30.2. The zero-order valence-electron chi connectivity index (χ0n) is 19.1. The quantitative estimate of drug-likeness (QED) is 0.0565. The number of phenolic OH excluding ortho intramolecular Hbond substituents is 1. The molecule has 220 valence electrons. The van der Waals surface area contributed by atoms with Crippen LogP contribution in [0.25, 0.3) is 0 Å². The summed E-state index contributed by atoms with van der Waals surface area (Å²) in [4.78, 5) is 33.1. The van der Waals surface area contributed by atoms with Crippen molar-refractivity contribution in [2.45, 2.75) is 14.7 Å². The number of aromatic carboxylic acids is 2. The minimum atomic E-state index is -4.99. The molecule has 0 amide bonds. The van der Waals surface area contributed by atoms with Crippen LogP contribution in [0.1, 0.15) is 31.1 Å². The van der Waals surface area contributed by atoms with Crippen molar-refractivity contribution in [3.63, 3.8) is 0 Å². The molecule has 0 fully saturated rings. The predicted octanol–water partition coefficient (Wildman–Crippen LogP) is -1.33. The van der Waals surface area contributed by atoms with Crippen molar-refractivity contribution in [3.05, 3.63) is 71.3 Å². The van der Waals surface area contributed by atoms with Crippen LogP contribution in [0, 0.1) is 0 Å². The van der Waals surface area contributed by atoms with Crippen LogP contribution in [-0.4, -0.2) is 186 Å². The van der Waals surface area contributed by atoms with Crippen molar-refractivity contribution < 1.29 is 73.0 Å². The molecule has 0 radical (unpaired) electrons. The number of ether oxygens (including phenoxy) is 1. The fourth-order valence-electron chi connectivity index (χ4n) is 2.99. The fraction of sp³-hybridized carbons (Fsp3) is 0. The van der Waals surface area contributed by atoms with Gasteiger partial charge in [0.05, 0.1) is 9.79 Å². The first-order valence-corrected chi connectivity index (χ1v) is 14.3. The summed E-state index contributed by atoms with van der Waals surface area (Å²) in [5.74, 6) is -7.64. The molecule has 5 N–H and O–H groups in total. The van der Waals surface area contributed by atoms with Crippen molar-refractivity contribution >= 4 is 166 Å². The summed E-state index contributed by atoms with van der Waals surface area (Å²) in [5.41, 5.74) is -2.74. The molecule has 0 spiro atoms. The van der Waals surface area contributed by atoms with Gasteiger partial charge in [-0.1, -0.05) is 0 Å². The van der Waals surface area contributed by atoms with E-state index in [1.807, 2.05) is 0 Å². The topological polar surface area (TPSA) is 273 Å². The molecule has 3 aromatic rings. The molecule has 0 atom stereocenters. The first-order valence-electron chi connectivity index (χ1n) is 10.0. The maximum atomic E-state index is 12.8. The molecule has 0 saturated heterocycles. The summed E-state index contributed by atoms with van der Waals surface area (Å²) in [6.45, 7) is 0. The van der Waals surface area contributed by atoms with Crippen LogP contribution >= 0.6 is 0 Å². The molecule has 0 bridgehead atoms. The maximum absolute atomic E-state index is 12.8. The number of hydrogen-bond acceptors (Lipinski definition) is 12. The van der Waals surface area contributed by atoms with Crippen molar-refractivity contribution in [2.24, 2.45) is 0 Å². The number of aromatic hydroxyl groups is 1. The molecule has 0 saturated carbocycles. The van der Waals surface area contributed by atoms with Gasteiger partial charge in [-0.15, -0.1) is 0 Å². The summed E-state index contributed by atoms with van der Waals surface area (Å²) in [6, 6.07) is 5.54. The van der Waals surface area contributed by atoms with E-state index in [1.165, 1.54) is 0 Å². The van der Waals surface area contributed by atoms with Crippen LogP contribution in [0.5, 0.6) is 17.2 Å². The molecule has 23 heteroatoms. The van der Waals surface area contributed by atoms with E-state index in [0.717, 1.165) is 6.07 Å². The first-order chi connectivity index (χ1) is 18.3. The summed E-state index contributed by atoms with van der Waals surface area (Å²) >= 11 is 0. The summed E-state index contributed by atoms with van der Waals surface area (Å²) < 4.78 is 98.5. The van der Waals surface area contributed by atoms with Gasteiger partial charge in [0.2, 0.25) is 0 Å². The first kappa shape index (κ1) is 45.6. The monoisotopic (exact) mass is 714 g/mol. The van der Waals surface area contributed by atoms with Gasteiger partial charge in [0.25, 0.3) is 20.2 Å². The van der Waals surface area contributed by atoms with E-state index in [0.29, 0.717) is 48.5 Å². The second kappa shape index (κ2) is 17.6. The Kier molecular flexibility index (Phi) is 18.2. The van der Waals surface area contributed by atoms with E-state index >= 15 is 0 Å². The molecule has 3 aromatic carbocycles. The number of hydrogen-bond donors (Lipinski definition) is 5. The van der Waals surface area contributed by atoms with Crippen LogP contribution in [0.4, 0.5) is 0 Å². The van der Waals surface area contributed by atoms with E-state index in [-0.39, 0.29) is 118 Å². The van der Waals surface area contributed by atoms with Gasteiger partial charge in [-0.2, -0.15) is 25.3 Å². The van der Waals surface area contributed by atoms with E-state index in [1.54, 1.807) is 0 Å². The van der Waals surface area contributed by atoms with Crippen LogP contribution in [-0.2, 0) is 30.4 Å². The number of rotatable bonds is 9. The van der Waals surface area contributed by atoms with Crippen molar-refractivity contribution in [1.29, 1.82) is 0 Å². The van der Waals surface area contributed by atoms with Gasteiger partial charge in [0.1, 0.15) is 33.1 Å². The predicted molar refractivity (Wildman–Crippen MR) is 156 cm³/mol. The van der Waals surface area contributed by atoms with Gasteiger partial charge in [-0.25, -0.2) is 14.4 Å². The second-order valence-corrected chi connectivity index (χ2v) is 11.9. The second-order valence-electron chi connectivity index (χ2n) is 7.48. The third kappa shape index (κ3) is 11.3. The third-order valence-corrected chi connectivity index (χ3v) is 7.77. The molecular weight excluding hydrogens is 696 g/mol. The SMILES string of the molecule is O=C(Oc1ccc(S(=O)(=O)O)cc1C(=O)O)c1cc(S(=O)(=O)Oc2ccc(S(=O)(=O)O)cc2C(=O)O)ccc1O.[NaH].[NaH].[NaH].[NaH]. The van der Waals surface area contributed by atoms with Gasteiger partial charge in [-0.3, -0.25) is 9.11 Å². The Morgan fingerprint density at radius 2 is 0.955 bits per heavy atom. The number of carboxylic acid groups (broad SMARTS) is 2. The Balaban J connectivity index is 0. The van der Waals surface area contributed by atoms with Crippen LogP contribution < -0.4 is 8.92 Å². The van der Waals surface area contributed by atoms with Crippen LogP contribution in [0.2, 0.25) is 0 Å². The summed E-state index contributed by atoms with van der Waals surface area (Å²) in [7, 11) is -14.7. The van der Waals surface area contributed by atoms with E-state index in [4.69, 9.17) is 18.0 Å². The van der Waals surface area contributed by atoms with Crippen LogP contribution in [0.15, 0.2) is 69.3 Å². The number of benzene rings is 3. The molecule has 0 heterocycles. The Morgan fingerprint density at radius 3 is 1.39 bits per heavy atom. The van der Waals surface area contributed by atoms with Crippen LogP contribution in [0.3, 0.4) is 0 Å². The molecule has 3 rings (SSSR count). The standard InChI is InChI=1S/C21H14O16S3.4Na.4H/c22-16-4-1-12(40(34,35)37-18-6-3-11(39(31,32)33)8-15(18)20(25)26)9-13(16)21(27)36-17-5-2-10(38(28,29)30)7-14(17)19(23)24;;;;;;;;/h1-9,22H,(H,23,24)(H,25,26)(H,28,29,30)(H,31,32,33);;;;;;;;. The van der Waals surface area contributed by atoms with E-state index in [2.05, 4.69) is 0 Å². The number of carbonyl (C=O) groups excluding carboxylic acids is 1. The Labute approximate surface area is 337 Å². The van der Waals surface area contributed by atoms with E-state index in [9.17, 15) is 55.0 Å². The number of carboxylic acids is 2. The van der Waals surface area contributed by atoms with E-state index < -0.39 is 96.9 Å². The molecule has 0 aliphatic carbocycles. The van der Waals surface area contributed by atoms with Crippen molar-refractivity contribution in [1.82, 2.24) is 0 Å². The molecule has 44 heavy (non-hydrogen) atoms. The number of esters is 1. The van der Waals surface area contributed by atoms with Gasteiger partial charge in [-0.05, 0) is 54.6 Å². The zero-order valence-corrected chi connectivity index (χ0v) is 21.6. The summed E-state index contributed by atoms with van der Waals surface area (Å²) in [5, 5.41) is 28.7. The molecular formula is C21H18Na4O16S3. The average molecular weight is 715 g/mol. The van der Waals surface area contributed by atoms with Crippen molar-refractivity contribution in [3.8, 4) is 17.2 Å². The minimum absolute atomic E-state index is 0. The third-order valence-electron chi connectivity index (χ3n) is 4.84. The molecule has 0 aliphatic rings. The van der Waals surface area contributed by atoms with Crippen molar-refractivity contribution in [2.75, 3.05) is 0 Å². The Morgan fingerprint density at radius 1 is 0.568 bits per heavy atom. The molecule has 0 aliphatic heterocycles. The van der Waals surface area contributed by atoms with Gasteiger partial charge < -0.3 is 24.2 Å². The van der Waals surface area contributed by atoms with Gasteiger partial charge >= 0.3 is 146 Å². The summed E-state index contributed by atoms with van der Waals surface area (Å²) in [6.07, 6.45) is 0. The fourth-order valence-corrected chi connectivity index (χ4v) is 4.98. The normalized spacial score (nSPS) is 10.9. The van der Waals surface area contributed by atoms with Gasteiger partial charge in [0, 0.05) is 0 Å². The molecule has 0 unspecified atom stereocenters. The Hall–Kier alpha value is -0.560. The molecule has 16 nitrogen and oxygen atoms in total. The Bertz CT molecular complexity index is 1910. The number of carbonyl (C=O) groups is 3. The van der Waals surface area contributed by atoms with Gasteiger partial charge in [0.15, 0.2) is 5.75 Å². The number of phenols is 1. The average Bonchev–Trinajstić information content (AvgIpc) is 2.82. The molecule has 0 aromatic heterocycles.